The molecule has 14 heavy (non-hydrogen) atoms. The molecule has 6 heteroatoms. The molecule has 0 spiro atoms. The van der Waals surface area contributed by atoms with Crippen molar-refractivity contribution in [1.82, 2.24) is 14.5 Å². The third-order valence-electron chi connectivity index (χ3n) is 2.02. The summed E-state index contributed by atoms with van der Waals surface area (Å²) in [5, 5.41) is 0. The van der Waals surface area contributed by atoms with E-state index in [9.17, 15) is 4.79 Å². The number of rotatable bonds is 1. The number of aromatic nitrogens is 3. The van der Waals surface area contributed by atoms with E-state index in [-0.39, 0.29) is 5.56 Å². The maximum absolute atomic E-state index is 11.8. The fourth-order valence-electron chi connectivity index (χ4n) is 1.12. The lowest BCUT2D eigenvalue weighted by Gasteiger charge is -1.99. The summed E-state index contributed by atoms with van der Waals surface area (Å²) in [4.78, 5) is 20.3. The summed E-state index contributed by atoms with van der Waals surface area (Å²) in [6.07, 6.45) is 1.94. The van der Waals surface area contributed by atoms with Gasteiger partial charge in [-0.15, -0.1) is 11.3 Å². The van der Waals surface area contributed by atoms with Crippen molar-refractivity contribution >= 4 is 33.4 Å². The third kappa shape index (κ3) is 1.34. The molecule has 2 aromatic rings. The van der Waals surface area contributed by atoms with Crippen molar-refractivity contribution in [3.8, 4) is 0 Å². The Morgan fingerprint density at radius 3 is 2.79 bits per heavy atom. The maximum Gasteiger partial charge on any atom is 0.272 e. The van der Waals surface area contributed by atoms with E-state index in [4.69, 9.17) is 0 Å². The van der Waals surface area contributed by atoms with Crippen LogP contribution in [0.3, 0.4) is 0 Å². The maximum atomic E-state index is 11.8. The van der Waals surface area contributed by atoms with Crippen LogP contribution in [0.5, 0.6) is 0 Å². The summed E-state index contributed by atoms with van der Waals surface area (Å²) >= 11 is 2.94. The van der Waals surface area contributed by atoms with Crippen LogP contribution in [-0.4, -0.2) is 20.8 Å². The first-order chi connectivity index (χ1) is 6.63. The molecule has 0 saturated heterocycles. The molecule has 0 radical (unpaired) electrons. The van der Waals surface area contributed by atoms with Gasteiger partial charge in [0.1, 0.15) is 10.5 Å². The predicted octanol–water partition coefficient (Wildman–Crippen LogP) is 1.42. The van der Waals surface area contributed by atoms with Crippen LogP contribution in [0.4, 0.5) is 0 Å². The highest BCUT2D eigenvalue weighted by atomic mass is 32.2. The van der Waals surface area contributed by atoms with Gasteiger partial charge in [-0.2, -0.15) is 0 Å². The fourth-order valence-corrected chi connectivity index (χ4v) is 2.60. The van der Waals surface area contributed by atoms with E-state index in [1.165, 1.54) is 23.1 Å². The Kier molecular flexibility index (Phi) is 2.32. The number of aryl methyl sites for hydroxylation is 1. The van der Waals surface area contributed by atoms with E-state index in [2.05, 4.69) is 9.97 Å². The average Bonchev–Trinajstić information content (AvgIpc) is 2.57. The summed E-state index contributed by atoms with van der Waals surface area (Å²) in [7, 11) is 1.72. The van der Waals surface area contributed by atoms with Gasteiger partial charge >= 0.3 is 0 Å². The van der Waals surface area contributed by atoms with Crippen molar-refractivity contribution in [3.05, 3.63) is 16.2 Å². The van der Waals surface area contributed by atoms with Crippen LogP contribution < -0.4 is 5.56 Å². The summed E-state index contributed by atoms with van der Waals surface area (Å²) in [6.45, 7) is 1.80. The van der Waals surface area contributed by atoms with Crippen LogP contribution in [0, 0.1) is 6.92 Å². The minimum absolute atomic E-state index is 0.00898. The van der Waals surface area contributed by atoms with Crippen LogP contribution in [0.25, 0.3) is 10.3 Å². The van der Waals surface area contributed by atoms with Gasteiger partial charge in [0.2, 0.25) is 0 Å². The molecule has 0 bridgehead atoms. The molecule has 0 aliphatic heterocycles. The number of thiazole rings is 1. The van der Waals surface area contributed by atoms with E-state index >= 15 is 0 Å². The van der Waals surface area contributed by atoms with E-state index < -0.39 is 0 Å². The zero-order valence-corrected chi connectivity index (χ0v) is 9.70. The van der Waals surface area contributed by atoms with Crippen molar-refractivity contribution < 1.29 is 0 Å². The van der Waals surface area contributed by atoms with Crippen molar-refractivity contribution in [2.45, 2.75) is 11.3 Å². The molecule has 0 amide bonds. The molecule has 4 nitrogen and oxygen atoms in total. The van der Waals surface area contributed by atoms with Gasteiger partial charge in [-0.1, -0.05) is 11.8 Å². The van der Waals surface area contributed by atoms with Gasteiger partial charge < -0.3 is 0 Å². The third-order valence-corrected chi connectivity index (χ3v) is 4.03. The molecular formula is C8H9N3OS2. The van der Waals surface area contributed by atoms with E-state index in [1.807, 2.05) is 6.26 Å². The quantitative estimate of drug-likeness (QED) is 0.691. The van der Waals surface area contributed by atoms with Crippen LogP contribution in [0.2, 0.25) is 0 Å². The van der Waals surface area contributed by atoms with Gasteiger partial charge in [-0.3, -0.25) is 9.36 Å². The van der Waals surface area contributed by atoms with Gasteiger partial charge in [0.05, 0.1) is 0 Å². The highest BCUT2D eigenvalue weighted by molar-refractivity contribution is 8.00. The number of hydrogen-bond donors (Lipinski definition) is 0. The number of hydrogen-bond acceptors (Lipinski definition) is 5. The largest absolute Gasteiger partial charge is 0.299 e. The topological polar surface area (TPSA) is 47.8 Å². The molecule has 0 aliphatic rings. The zero-order valence-electron chi connectivity index (χ0n) is 8.07. The molecule has 74 valence electrons. The zero-order chi connectivity index (χ0) is 10.3. The molecule has 2 aromatic heterocycles. The predicted molar refractivity (Wildman–Crippen MR) is 59.2 cm³/mol. The Morgan fingerprint density at radius 2 is 2.14 bits per heavy atom. The Hall–Kier alpha value is -0.880. The summed E-state index contributed by atoms with van der Waals surface area (Å²) in [5.41, 5.74) is 0.560. The average molecular weight is 227 g/mol. The molecule has 2 rings (SSSR count). The Morgan fingerprint density at radius 1 is 1.43 bits per heavy atom. The molecule has 2 heterocycles. The molecule has 0 aliphatic carbocycles. The normalized spacial score (nSPS) is 11.1. The Bertz CT molecular complexity index is 543. The summed E-state index contributed by atoms with van der Waals surface area (Å²) in [5.74, 6) is 0.695. The van der Waals surface area contributed by atoms with E-state index in [0.29, 0.717) is 16.2 Å². The standard InChI is InChI=1S/C8H9N3OS2/c1-4-9-6-5(7(12)11(4)2)14-8(10-6)13-3/h1-3H3. The highest BCUT2D eigenvalue weighted by Gasteiger charge is 2.10. The van der Waals surface area contributed by atoms with Gasteiger partial charge in [-0.05, 0) is 13.2 Å². The van der Waals surface area contributed by atoms with Crippen molar-refractivity contribution in [3.63, 3.8) is 0 Å². The SMILES string of the molecule is CSc1nc2nc(C)n(C)c(=O)c2s1. The minimum atomic E-state index is -0.00898. The van der Waals surface area contributed by atoms with Crippen molar-refractivity contribution in [1.29, 1.82) is 0 Å². The lowest BCUT2D eigenvalue weighted by molar-refractivity contribution is 0.792. The fraction of sp³-hybridized carbons (Fsp3) is 0.375. The van der Waals surface area contributed by atoms with Crippen LogP contribution in [0.15, 0.2) is 9.13 Å². The van der Waals surface area contributed by atoms with Crippen LogP contribution in [0.1, 0.15) is 5.82 Å². The van der Waals surface area contributed by atoms with Gasteiger partial charge in [0, 0.05) is 7.05 Å². The smallest absolute Gasteiger partial charge is 0.272 e. The molecule has 0 fully saturated rings. The second-order valence-electron chi connectivity index (χ2n) is 2.86. The first kappa shape index (κ1) is 9.67. The van der Waals surface area contributed by atoms with E-state index in [1.54, 1.807) is 18.5 Å². The lowest BCUT2D eigenvalue weighted by Crippen LogP contribution is -2.19. The first-order valence-corrected chi connectivity index (χ1v) is 6.05. The van der Waals surface area contributed by atoms with Crippen LogP contribution >= 0.6 is 23.1 Å². The number of thioether (sulfide) groups is 1. The minimum Gasteiger partial charge on any atom is -0.299 e. The second kappa shape index (κ2) is 3.36. The first-order valence-electron chi connectivity index (χ1n) is 4.01. The highest BCUT2D eigenvalue weighted by Crippen LogP contribution is 2.24. The van der Waals surface area contributed by atoms with Gasteiger partial charge in [0.25, 0.3) is 5.56 Å². The van der Waals surface area contributed by atoms with E-state index in [0.717, 1.165) is 4.34 Å². The van der Waals surface area contributed by atoms with Gasteiger partial charge in [-0.25, -0.2) is 9.97 Å². The molecule has 0 unspecified atom stereocenters. The Labute approximate surface area is 89.0 Å². The summed E-state index contributed by atoms with van der Waals surface area (Å²) < 4.78 is 3.07. The lowest BCUT2D eigenvalue weighted by atomic mass is 10.5. The van der Waals surface area contributed by atoms with Crippen molar-refractivity contribution in [2.75, 3.05) is 6.26 Å². The molecule has 0 atom stereocenters. The molecule has 0 saturated carbocycles. The van der Waals surface area contributed by atoms with Gasteiger partial charge in [0.15, 0.2) is 9.99 Å². The monoisotopic (exact) mass is 227 g/mol. The number of fused-ring (bicyclic) bond motifs is 1. The van der Waals surface area contributed by atoms with Crippen molar-refractivity contribution in [2.24, 2.45) is 7.05 Å². The molecule has 0 aromatic carbocycles. The summed E-state index contributed by atoms with van der Waals surface area (Å²) in [6, 6.07) is 0. The second-order valence-corrected chi connectivity index (χ2v) is 4.91. The Balaban J connectivity index is 2.88. The molecular weight excluding hydrogens is 218 g/mol. The number of nitrogens with zero attached hydrogens (tertiary/aromatic N) is 3. The van der Waals surface area contributed by atoms with Crippen LogP contribution in [-0.2, 0) is 7.05 Å². The molecule has 0 N–H and O–H groups in total.